The molecular weight excluding hydrogens is 450 g/mol. The predicted molar refractivity (Wildman–Crippen MR) is 147 cm³/mol. The molecule has 1 fully saturated rings. The number of hydrogen-bond donors (Lipinski definition) is 2. The third-order valence-electron chi connectivity index (χ3n) is 6.66. The number of aliphatic hydroxyl groups is 1. The van der Waals surface area contributed by atoms with E-state index in [1.165, 1.54) is 22.5 Å². The number of hydrogen-bond acceptors (Lipinski definition) is 5. The van der Waals surface area contributed by atoms with Gasteiger partial charge in [-0.1, -0.05) is 66.7 Å². The van der Waals surface area contributed by atoms with Gasteiger partial charge in [-0.15, -0.1) is 0 Å². The van der Waals surface area contributed by atoms with Gasteiger partial charge in [-0.05, 0) is 48.4 Å². The lowest BCUT2D eigenvalue weighted by molar-refractivity contribution is 0.0697. The highest BCUT2D eigenvalue weighted by atomic mass is 16.4. The lowest BCUT2D eigenvalue weighted by Crippen LogP contribution is -2.47. The summed E-state index contributed by atoms with van der Waals surface area (Å²) in [5, 5.41) is 17.5. The van der Waals surface area contributed by atoms with Crippen molar-refractivity contribution in [3.63, 3.8) is 0 Å². The molecule has 188 valence electrons. The molecule has 5 rings (SSSR count). The first-order valence-corrected chi connectivity index (χ1v) is 12.6. The van der Waals surface area contributed by atoms with Crippen LogP contribution in [0.5, 0.6) is 0 Å². The summed E-state index contributed by atoms with van der Waals surface area (Å²) in [7, 11) is 0. The van der Waals surface area contributed by atoms with Crippen molar-refractivity contribution in [2.45, 2.75) is 6.42 Å². The molecule has 2 N–H and O–H groups in total. The maximum absolute atomic E-state index is 10.2. The molecule has 2 heterocycles. The Hall–Kier alpha value is -3.45. The van der Waals surface area contributed by atoms with E-state index in [1.807, 2.05) is 0 Å². The van der Waals surface area contributed by atoms with E-state index < -0.39 is 5.97 Å². The summed E-state index contributed by atoms with van der Waals surface area (Å²) in [5.41, 5.74) is 5.49. The summed E-state index contributed by atoms with van der Waals surface area (Å²) in [6.45, 7) is 7.57. The number of β-amino-alcohol motifs (C(OH)–C–C–N with tert-alkyl or cyclic N) is 1. The largest absolute Gasteiger partial charge is 0.478 e. The molecule has 2 aliphatic rings. The zero-order valence-electron chi connectivity index (χ0n) is 20.7. The van der Waals surface area contributed by atoms with Gasteiger partial charge >= 0.3 is 5.97 Å². The fraction of sp³-hybridized carbons (Fsp3) is 0.300. The SMILES string of the molecule is O=C(O)c1ccccc1.OCCN1CCN(CCCN2c3ccccc3C=Cc3ccccc32)CC1. The molecule has 0 atom stereocenters. The summed E-state index contributed by atoms with van der Waals surface area (Å²) >= 11 is 0. The van der Waals surface area contributed by atoms with Crippen molar-refractivity contribution in [2.24, 2.45) is 0 Å². The second-order valence-corrected chi connectivity index (χ2v) is 9.03. The number of rotatable bonds is 7. The average molecular weight is 486 g/mol. The van der Waals surface area contributed by atoms with Crippen molar-refractivity contribution in [2.75, 3.05) is 57.3 Å². The number of aliphatic hydroxyl groups excluding tert-OH is 1. The van der Waals surface area contributed by atoms with Gasteiger partial charge in [-0.3, -0.25) is 4.90 Å². The van der Waals surface area contributed by atoms with Crippen molar-refractivity contribution < 1.29 is 15.0 Å². The lowest BCUT2D eigenvalue weighted by Gasteiger charge is -2.35. The molecule has 0 saturated carbocycles. The van der Waals surface area contributed by atoms with Crippen molar-refractivity contribution in [1.29, 1.82) is 0 Å². The molecule has 0 bridgehead atoms. The van der Waals surface area contributed by atoms with E-state index in [9.17, 15) is 4.79 Å². The number of nitrogens with zero attached hydrogens (tertiary/aromatic N) is 3. The lowest BCUT2D eigenvalue weighted by atomic mass is 10.1. The van der Waals surface area contributed by atoms with Crippen LogP contribution in [0.15, 0.2) is 78.9 Å². The van der Waals surface area contributed by atoms with E-state index in [0.29, 0.717) is 5.56 Å². The first-order chi connectivity index (χ1) is 17.7. The second kappa shape index (κ2) is 13.0. The molecular formula is C30H35N3O3. The maximum atomic E-state index is 10.2. The van der Waals surface area contributed by atoms with Crippen LogP contribution in [0, 0.1) is 0 Å². The van der Waals surface area contributed by atoms with Crippen LogP contribution in [-0.2, 0) is 0 Å². The standard InChI is InChI=1S/C23H29N3O.C7H6O2/c27-19-18-25-16-14-24(15-17-25)12-5-13-26-22-8-3-1-6-20(22)10-11-21-7-2-4-9-23(21)26;8-7(9)6-4-2-1-3-5-6/h1-4,6-11,27H,5,12-19H2;1-5H,(H,8,9). The number of aromatic carboxylic acids is 1. The van der Waals surface area contributed by atoms with Crippen LogP contribution in [-0.4, -0.2) is 78.4 Å². The quantitative estimate of drug-likeness (QED) is 0.506. The minimum Gasteiger partial charge on any atom is -0.478 e. The van der Waals surface area contributed by atoms with Crippen LogP contribution in [0.3, 0.4) is 0 Å². The molecule has 2 aliphatic heterocycles. The summed E-state index contributed by atoms with van der Waals surface area (Å²) < 4.78 is 0. The minimum atomic E-state index is -0.879. The highest BCUT2D eigenvalue weighted by Gasteiger charge is 2.19. The number of piperazine rings is 1. The zero-order valence-corrected chi connectivity index (χ0v) is 20.7. The van der Waals surface area contributed by atoms with E-state index in [1.54, 1.807) is 30.3 Å². The molecule has 0 amide bonds. The smallest absolute Gasteiger partial charge is 0.335 e. The van der Waals surface area contributed by atoms with Crippen LogP contribution >= 0.6 is 0 Å². The molecule has 0 aromatic heterocycles. The monoisotopic (exact) mass is 485 g/mol. The Bertz CT molecular complexity index is 1090. The van der Waals surface area contributed by atoms with Gasteiger partial charge in [0.05, 0.1) is 12.2 Å². The number of anilines is 2. The van der Waals surface area contributed by atoms with Crippen LogP contribution in [0.4, 0.5) is 11.4 Å². The van der Waals surface area contributed by atoms with E-state index in [2.05, 4.69) is 75.4 Å². The first-order valence-electron chi connectivity index (χ1n) is 12.6. The van der Waals surface area contributed by atoms with Gasteiger partial charge in [-0.2, -0.15) is 0 Å². The maximum Gasteiger partial charge on any atom is 0.335 e. The Morgan fingerprint density at radius 3 is 1.67 bits per heavy atom. The number of benzene rings is 3. The van der Waals surface area contributed by atoms with Crippen molar-refractivity contribution in [3.05, 3.63) is 95.6 Å². The summed E-state index contributed by atoms with van der Waals surface area (Å²) in [6.07, 6.45) is 5.60. The van der Waals surface area contributed by atoms with Crippen LogP contribution in [0.25, 0.3) is 12.2 Å². The molecule has 0 spiro atoms. The molecule has 6 nitrogen and oxygen atoms in total. The van der Waals surface area contributed by atoms with Crippen molar-refractivity contribution in [3.8, 4) is 0 Å². The van der Waals surface area contributed by atoms with Gasteiger partial charge in [0.2, 0.25) is 0 Å². The molecule has 0 unspecified atom stereocenters. The zero-order chi connectivity index (χ0) is 25.2. The van der Waals surface area contributed by atoms with Gasteiger partial charge in [0.15, 0.2) is 0 Å². The summed E-state index contributed by atoms with van der Waals surface area (Å²) in [4.78, 5) is 17.6. The molecule has 36 heavy (non-hydrogen) atoms. The van der Waals surface area contributed by atoms with E-state index in [0.717, 1.165) is 52.2 Å². The normalized spacial score (nSPS) is 15.3. The second-order valence-electron chi connectivity index (χ2n) is 9.03. The van der Waals surface area contributed by atoms with E-state index in [4.69, 9.17) is 10.2 Å². The molecule has 3 aromatic rings. The van der Waals surface area contributed by atoms with Crippen molar-refractivity contribution >= 4 is 29.5 Å². The summed E-state index contributed by atoms with van der Waals surface area (Å²) in [6, 6.07) is 25.7. The van der Waals surface area contributed by atoms with Crippen LogP contribution < -0.4 is 4.90 Å². The van der Waals surface area contributed by atoms with Crippen LogP contribution in [0.2, 0.25) is 0 Å². The first kappa shape index (κ1) is 25.6. The highest BCUT2D eigenvalue weighted by Crippen LogP contribution is 2.36. The third kappa shape index (κ3) is 6.82. The summed E-state index contributed by atoms with van der Waals surface area (Å²) in [5.74, 6) is -0.879. The Morgan fingerprint density at radius 2 is 1.17 bits per heavy atom. The van der Waals surface area contributed by atoms with Gasteiger partial charge in [-0.25, -0.2) is 4.79 Å². The number of carboxylic acids is 1. The molecule has 6 heteroatoms. The molecule has 1 saturated heterocycles. The topological polar surface area (TPSA) is 67.2 Å². The predicted octanol–water partition coefficient (Wildman–Crippen LogP) is 4.69. The Kier molecular flexibility index (Phi) is 9.27. The van der Waals surface area contributed by atoms with Gasteiger partial charge in [0.1, 0.15) is 0 Å². The fourth-order valence-electron chi connectivity index (χ4n) is 4.71. The molecule has 3 aromatic carbocycles. The molecule has 0 aliphatic carbocycles. The van der Waals surface area contributed by atoms with E-state index in [-0.39, 0.29) is 6.61 Å². The third-order valence-corrected chi connectivity index (χ3v) is 6.66. The van der Waals surface area contributed by atoms with Crippen molar-refractivity contribution in [1.82, 2.24) is 9.80 Å². The number of carboxylic acid groups (broad SMARTS) is 1. The average Bonchev–Trinajstić information content (AvgIpc) is 3.08. The Balaban J connectivity index is 0.000000286. The van der Waals surface area contributed by atoms with Gasteiger partial charge < -0.3 is 20.0 Å². The Morgan fingerprint density at radius 1 is 0.667 bits per heavy atom. The number of carbonyl (C=O) groups is 1. The van der Waals surface area contributed by atoms with E-state index >= 15 is 0 Å². The molecule has 0 radical (unpaired) electrons. The highest BCUT2D eigenvalue weighted by molar-refractivity contribution is 5.88. The van der Waals surface area contributed by atoms with Crippen LogP contribution in [0.1, 0.15) is 27.9 Å². The number of fused-ring (bicyclic) bond motifs is 2. The fourth-order valence-corrected chi connectivity index (χ4v) is 4.71. The Labute approximate surface area is 213 Å². The van der Waals surface area contributed by atoms with Gasteiger partial charge in [0.25, 0.3) is 0 Å². The van der Waals surface area contributed by atoms with Gasteiger partial charge in [0, 0.05) is 50.6 Å². The number of para-hydroxylation sites is 2. The minimum absolute atomic E-state index is 0.266.